The van der Waals surface area contributed by atoms with E-state index in [-0.39, 0.29) is 5.97 Å². The van der Waals surface area contributed by atoms with Gasteiger partial charge in [-0.1, -0.05) is 83.8 Å². The zero-order valence-electron chi connectivity index (χ0n) is 18.8. The van der Waals surface area contributed by atoms with Gasteiger partial charge in [0, 0.05) is 17.0 Å². The summed E-state index contributed by atoms with van der Waals surface area (Å²) in [5, 5.41) is 6.28. The lowest BCUT2D eigenvalue weighted by Gasteiger charge is -2.29. The average molecular weight is 401 g/mol. The van der Waals surface area contributed by atoms with E-state index in [1.165, 1.54) is 56.9 Å². The number of carbonyl (C=O) groups is 1. The summed E-state index contributed by atoms with van der Waals surface area (Å²) in [7, 11) is 0. The van der Waals surface area contributed by atoms with Gasteiger partial charge in [0.2, 0.25) is 0 Å². The highest BCUT2D eigenvalue weighted by atomic mass is 16.5. The molecule has 0 spiro atoms. The fourth-order valence-corrected chi connectivity index (χ4v) is 3.87. The molecule has 0 radical (unpaired) electrons. The van der Waals surface area contributed by atoms with Crippen molar-refractivity contribution in [2.75, 3.05) is 13.2 Å². The van der Waals surface area contributed by atoms with Gasteiger partial charge in [0.05, 0.1) is 25.3 Å². The van der Waals surface area contributed by atoms with E-state index in [0.717, 1.165) is 30.5 Å². The summed E-state index contributed by atoms with van der Waals surface area (Å²) >= 11 is 0. The number of carbonyl (C=O) groups excluding carboxylic acids is 1. The van der Waals surface area contributed by atoms with Crippen molar-refractivity contribution in [2.45, 2.75) is 97.8 Å². The third kappa shape index (κ3) is 8.62. The molecule has 1 heterocycles. The standard InChI is InChI=1S/C25H40N2O2/c1-4-5-6-7-8-9-10-11-12-13-18-29-25(28)16-17-27-24-15-14-21(2)19-23(24)22(3)20-26-27/h15,19,21H,4-14,16-18H2,1-3H3. The minimum absolute atomic E-state index is 0.127. The first-order valence-corrected chi connectivity index (χ1v) is 11.8. The van der Waals surface area contributed by atoms with Crippen molar-refractivity contribution < 1.29 is 9.53 Å². The van der Waals surface area contributed by atoms with E-state index in [1.54, 1.807) is 0 Å². The van der Waals surface area contributed by atoms with Crippen molar-refractivity contribution in [1.29, 1.82) is 0 Å². The van der Waals surface area contributed by atoms with Gasteiger partial charge in [-0.15, -0.1) is 5.10 Å². The number of unbranched alkanes of at least 4 members (excludes halogenated alkanes) is 9. The van der Waals surface area contributed by atoms with E-state index in [2.05, 4.69) is 37.0 Å². The number of hydrogen-bond acceptors (Lipinski definition) is 4. The largest absolute Gasteiger partial charge is 0.466 e. The molecule has 29 heavy (non-hydrogen) atoms. The minimum Gasteiger partial charge on any atom is -0.466 e. The van der Waals surface area contributed by atoms with Gasteiger partial charge in [0.1, 0.15) is 0 Å². The summed E-state index contributed by atoms with van der Waals surface area (Å²) in [6, 6.07) is 0. The van der Waals surface area contributed by atoms with Crippen LogP contribution in [-0.2, 0) is 9.53 Å². The van der Waals surface area contributed by atoms with Crippen LogP contribution in [0, 0.1) is 5.92 Å². The van der Waals surface area contributed by atoms with Crippen molar-refractivity contribution in [2.24, 2.45) is 11.0 Å². The monoisotopic (exact) mass is 400 g/mol. The SMILES string of the molecule is CCCCCCCCCCCCOC(=O)CCN1N=C=C(C)C2=CC(C)CC=C21. The van der Waals surface area contributed by atoms with E-state index in [0.29, 0.717) is 25.5 Å². The Morgan fingerprint density at radius 1 is 1.14 bits per heavy atom. The molecule has 0 fully saturated rings. The number of ether oxygens (including phenoxy) is 1. The molecule has 4 heteroatoms. The molecule has 1 aliphatic heterocycles. The molecule has 1 atom stereocenters. The van der Waals surface area contributed by atoms with Gasteiger partial charge in [-0.05, 0) is 25.7 Å². The Bertz CT molecular complexity index is 641. The lowest BCUT2D eigenvalue weighted by atomic mass is 9.91. The zero-order chi connectivity index (χ0) is 20.9. The van der Waals surface area contributed by atoms with E-state index < -0.39 is 0 Å². The molecule has 0 aromatic rings. The summed E-state index contributed by atoms with van der Waals surface area (Å²) in [6.07, 6.45) is 18.8. The lowest BCUT2D eigenvalue weighted by molar-refractivity contribution is -0.144. The summed E-state index contributed by atoms with van der Waals surface area (Å²) < 4.78 is 5.41. The van der Waals surface area contributed by atoms with Crippen molar-refractivity contribution >= 4 is 11.8 Å². The highest BCUT2D eigenvalue weighted by Crippen LogP contribution is 2.31. The molecule has 0 saturated heterocycles. The number of allylic oxidation sites excluding steroid dienone is 3. The smallest absolute Gasteiger partial charge is 0.307 e. The maximum absolute atomic E-state index is 12.1. The summed E-state index contributed by atoms with van der Waals surface area (Å²) in [5.41, 5.74) is 3.39. The number of rotatable bonds is 14. The molecule has 1 aliphatic carbocycles. The Labute approximate surface area is 177 Å². The Hall–Kier alpha value is -1.80. The van der Waals surface area contributed by atoms with Crippen molar-refractivity contribution in [3.8, 4) is 0 Å². The topological polar surface area (TPSA) is 41.9 Å². The second kappa shape index (κ2) is 13.4. The van der Waals surface area contributed by atoms with Crippen LogP contribution in [0.1, 0.15) is 97.8 Å². The molecular formula is C25H40N2O2. The molecule has 0 aromatic heterocycles. The van der Waals surface area contributed by atoms with Gasteiger partial charge in [-0.3, -0.25) is 9.80 Å². The fourth-order valence-electron chi connectivity index (χ4n) is 3.87. The Kier molecular flexibility index (Phi) is 10.9. The Morgan fingerprint density at radius 2 is 1.79 bits per heavy atom. The van der Waals surface area contributed by atoms with E-state index in [4.69, 9.17) is 4.74 Å². The summed E-state index contributed by atoms with van der Waals surface area (Å²) in [5.74, 6) is 3.48. The summed E-state index contributed by atoms with van der Waals surface area (Å²) in [6.45, 7) is 7.61. The first kappa shape index (κ1) is 23.5. The molecular weight excluding hydrogens is 360 g/mol. The second-order valence-electron chi connectivity index (χ2n) is 8.50. The van der Waals surface area contributed by atoms with Crippen LogP contribution in [0.25, 0.3) is 0 Å². The van der Waals surface area contributed by atoms with Crippen LogP contribution < -0.4 is 0 Å². The van der Waals surface area contributed by atoms with Crippen LogP contribution in [0.2, 0.25) is 0 Å². The highest BCUT2D eigenvalue weighted by molar-refractivity contribution is 5.71. The van der Waals surface area contributed by atoms with E-state index in [9.17, 15) is 4.79 Å². The van der Waals surface area contributed by atoms with Gasteiger partial charge < -0.3 is 4.74 Å². The third-order valence-electron chi connectivity index (χ3n) is 5.72. The molecule has 0 saturated carbocycles. The van der Waals surface area contributed by atoms with Gasteiger partial charge in [-0.25, -0.2) is 0 Å². The van der Waals surface area contributed by atoms with Crippen LogP contribution in [0.15, 0.2) is 34.1 Å². The van der Waals surface area contributed by atoms with Crippen molar-refractivity contribution in [3.63, 3.8) is 0 Å². The molecule has 4 nitrogen and oxygen atoms in total. The Morgan fingerprint density at radius 3 is 2.48 bits per heavy atom. The maximum Gasteiger partial charge on any atom is 0.307 e. The lowest BCUT2D eigenvalue weighted by Crippen LogP contribution is -2.26. The van der Waals surface area contributed by atoms with Gasteiger partial charge in [0.25, 0.3) is 0 Å². The third-order valence-corrected chi connectivity index (χ3v) is 5.72. The maximum atomic E-state index is 12.1. The molecule has 0 bridgehead atoms. The number of hydrazone groups is 1. The average Bonchev–Trinajstić information content (AvgIpc) is 2.72. The molecule has 162 valence electrons. The van der Waals surface area contributed by atoms with E-state index >= 15 is 0 Å². The first-order valence-electron chi connectivity index (χ1n) is 11.8. The fraction of sp³-hybridized carbons (Fsp3) is 0.720. The highest BCUT2D eigenvalue weighted by Gasteiger charge is 2.23. The predicted molar refractivity (Wildman–Crippen MR) is 121 cm³/mol. The first-order chi connectivity index (χ1) is 14.1. The Balaban J connectivity index is 1.53. The van der Waals surface area contributed by atoms with Crippen LogP contribution in [0.3, 0.4) is 0 Å². The molecule has 0 amide bonds. The van der Waals surface area contributed by atoms with E-state index in [1.807, 2.05) is 11.9 Å². The van der Waals surface area contributed by atoms with Crippen LogP contribution >= 0.6 is 0 Å². The van der Waals surface area contributed by atoms with Crippen LogP contribution in [0.4, 0.5) is 0 Å². The number of hydrogen-bond donors (Lipinski definition) is 0. The molecule has 2 rings (SSSR count). The second-order valence-corrected chi connectivity index (χ2v) is 8.50. The zero-order valence-corrected chi connectivity index (χ0v) is 18.8. The number of fused-ring (bicyclic) bond motifs is 1. The number of esters is 1. The number of nitrogens with zero attached hydrogens (tertiary/aromatic N) is 2. The molecule has 0 N–H and O–H groups in total. The predicted octanol–water partition coefficient (Wildman–Crippen LogP) is 6.54. The normalized spacial score (nSPS) is 18.1. The molecule has 1 unspecified atom stereocenters. The van der Waals surface area contributed by atoms with Crippen molar-refractivity contribution in [1.82, 2.24) is 5.01 Å². The van der Waals surface area contributed by atoms with Crippen LogP contribution in [0.5, 0.6) is 0 Å². The quantitative estimate of drug-likeness (QED) is 0.246. The van der Waals surface area contributed by atoms with Crippen LogP contribution in [-0.4, -0.2) is 30.0 Å². The molecule has 2 aliphatic rings. The van der Waals surface area contributed by atoms with Gasteiger partial charge >= 0.3 is 5.97 Å². The van der Waals surface area contributed by atoms with Gasteiger partial charge in [-0.2, -0.15) is 0 Å². The molecule has 0 aromatic carbocycles. The van der Waals surface area contributed by atoms with Gasteiger partial charge in [0.15, 0.2) is 0 Å². The van der Waals surface area contributed by atoms with Crippen molar-refractivity contribution in [3.05, 3.63) is 29.0 Å². The summed E-state index contributed by atoms with van der Waals surface area (Å²) in [4.78, 5) is 12.1. The minimum atomic E-state index is -0.127.